The van der Waals surface area contributed by atoms with Gasteiger partial charge in [0.05, 0.1) is 13.2 Å². The van der Waals surface area contributed by atoms with Crippen LogP contribution in [0.1, 0.15) is 32.8 Å². The molecule has 0 radical (unpaired) electrons. The van der Waals surface area contributed by atoms with E-state index in [0.717, 1.165) is 5.56 Å². The van der Waals surface area contributed by atoms with Crippen molar-refractivity contribution >= 4 is 18.2 Å². The topological polar surface area (TPSA) is 94.2 Å². The van der Waals surface area contributed by atoms with Crippen LogP contribution in [0.4, 0.5) is 9.59 Å². The number of amides is 2. The molecule has 2 atom stereocenters. The third-order valence-electron chi connectivity index (χ3n) is 3.98. The Balaban J connectivity index is 1.99. The number of benzene rings is 1. The highest BCUT2D eigenvalue weighted by atomic mass is 16.6. The number of carbonyl (C=O) groups excluding carboxylic acids is 3. The van der Waals surface area contributed by atoms with Crippen LogP contribution < -0.4 is 5.32 Å². The molecule has 0 bridgehead atoms. The quantitative estimate of drug-likeness (QED) is 0.639. The van der Waals surface area contributed by atoms with Crippen molar-refractivity contribution in [2.75, 3.05) is 13.7 Å². The number of esters is 1. The standard InChI is InChI=1S/C19H26N2O6/c1-19(2,3)27-18(24)21-11-10-14(15(21)16(22)25-4)20-17(23)26-12-13-8-6-5-7-9-13/h5-9,14-15H,10-12H2,1-4H3,(H,20,23)/t14-,15+/m1/s1. The Morgan fingerprint density at radius 1 is 1.19 bits per heavy atom. The maximum Gasteiger partial charge on any atom is 0.411 e. The fourth-order valence-electron chi connectivity index (χ4n) is 2.80. The number of alkyl carbamates (subject to hydrolysis) is 1. The second-order valence-corrected chi connectivity index (χ2v) is 7.24. The summed E-state index contributed by atoms with van der Waals surface area (Å²) in [6.07, 6.45) is -0.900. The van der Waals surface area contributed by atoms with Gasteiger partial charge in [-0.2, -0.15) is 0 Å². The van der Waals surface area contributed by atoms with Crippen molar-refractivity contribution in [3.63, 3.8) is 0 Å². The van der Waals surface area contributed by atoms with Crippen LogP contribution in [-0.4, -0.2) is 54.4 Å². The SMILES string of the molecule is COC(=O)[C@@H]1[C@H](NC(=O)OCc2ccccc2)CCN1C(=O)OC(C)(C)C. The van der Waals surface area contributed by atoms with Gasteiger partial charge in [-0.05, 0) is 32.8 Å². The number of nitrogens with one attached hydrogen (secondary N) is 1. The summed E-state index contributed by atoms with van der Waals surface area (Å²) in [7, 11) is 1.23. The van der Waals surface area contributed by atoms with Crippen LogP contribution in [0.25, 0.3) is 0 Å². The monoisotopic (exact) mass is 378 g/mol. The normalized spacial score (nSPS) is 19.3. The lowest BCUT2D eigenvalue weighted by Crippen LogP contribution is -2.52. The zero-order chi connectivity index (χ0) is 20.0. The predicted octanol–water partition coefficient (Wildman–Crippen LogP) is 2.46. The third-order valence-corrected chi connectivity index (χ3v) is 3.98. The Kier molecular flexibility index (Phi) is 6.65. The highest BCUT2D eigenvalue weighted by Gasteiger charge is 2.45. The first kappa shape index (κ1) is 20.5. The van der Waals surface area contributed by atoms with Gasteiger partial charge in [0.1, 0.15) is 12.2 Å². The second-order valence-electron chi connectivity index (χ2n) is 7.24. The number of hydrogen-bond donors (Lipinski definition) is 1. The summed E-state index contributed by atoms with van der Waals surface area (Å²) < 4.78 is 15.3. The van der Waals surface area contributed by atoms with Crippen LogP contribution in [0.3, 0.4) is 0 Å². The summed E-state index contributed by atoms with van der Waals surface area (Å²) >= 11 is 0. The summed E-state index contributed by atoms with van der Waals surface area (Å²) in [5.41, 5.74) is 0.150. The van der Waals surface area contributed by atoms with Crippen molar-refractivity contribution in [1.82, 2.24) is 10.2 Å². The molecule has 2 amide bonds. The lowest BCUT2D eigenvalue weighted by molar-refractivity contribution is -0.146. The van der Waals surface area contributed by atoms with Gasteiger partial charge in [-0.1, -0.05) is 30.3 Å². The van der Waals surface area contributed by atoms with Crippen LogP contribution in [-0.2, 0) is 25.6 Å². The van der Waals surface area contributed by atoms with Gasteiger partial charge < -0.3 is 19.5 Å². The van der Waals surface area contributed by atoms with E-state index in [4.69, 9.17) is 14.2 Å². The smallest absolute Gasteiger partial charge is 0.411 e. The molecule has 1 N–H and O–H groups in total. The molecule has 0 saturated carbocycles. The van der Waals surface area contributed by atoms with Gasteiger partial charge in [-0.25, -0.2) is 14.4 Å². The molecule has 1 aromatic carbocycles. The molecule has 1 fully saturated rings. The van der Waals surface area contributed by atoms with Gasteiger partial charge >= 0.3 is 18.2 Å². The summed E-state index contributed by atoms with van der Waals surface area (Å²) in [5.74, 6) is -0.619. The number of carbonyl (C=O) groups is 3. The molecule has 0 aromatic heterocycles. The Morgan fingerprint density at radius 2 is 1.85 bits per heavy atom. The van der Waals surface area contributed by atoms with Crippen molar-refractivity contribution in [3.05, 3.63) is 35.9 Å². The van der Waals surface area contributed by atoms with Crippen molar-refractivity contribution in [2.45, 2.75) is 51.5 Å². The molecule has 0 spiro atoms. The number of methoxy groups -OCH3 is 1. The number of nitrogens with zero attached hydrogens (tertiary/aromatic N) is 1. The van der Waals surface area contributed by atoms with Crippen LogP contribution in [0.5, 0.6) is 0 Å². The number of rotatable bonds is 4. The molecule has 148 valence electrons. The van der Waals surface area contributed by atoms with Gasteiger partial charge in [0.25, 0.3) is 0 Å². The minimum absolute atomic E-state index is 0.109. The Bertz CT molecular complexity index is 671. The Hall–Kier alpha value is -2.77. The maximum absolute atomic E-state index is 12.4. The lowest BCUT2D eigenvalue weighted by Gasteiger charge is -2.29. The average Bonchev–Trinajstić information content (AvgIpc) is 3.02. The van der Waals surface area contributed by atoms with Crippen LogP contribution >= 0.6 is 0 Å². The summed E-state index contributed by atoms with van der Waals surface area (Å²) in [6.45, 7) is 5.59. The minimum atomic E-state index is -0.964. The predicted molar refractivity (Wildman–Crippen MR) is 96.9 cm³/mol. The lowest BCUT2D eigenvalue weighted by atomic mass is 10.1. The van der Waals surface area contributed by atoms with Gasteiger partial charge in [-0.15, -0.1) is 0 Å². The second kappa shape index (κ2) is 8.75. The van der Waals surface area contributed by atoms with E-state index < -0.39 is 35.8 Å². The number of hydrogen-bond acceptors (Lipinski definition) is 6. The van der Waals surface area contributed by atoms with E-state index in [1.165, 1.54) is 12.0 Å². The van der Waals surface area contributed by atoms with Crippen molar-refractivity contribution in [3.8, 4) is 0 Å². The van der Waals surface area contributed by atoms with Crippen LogP contribution in [0.15, 0.2) is 30.3 Å². The molecule has 1 aliphatic heterocycles. The van der Waals surface area contributed by atoms with Crippen molar-refractivity contribution in [2.24, 2.45) is 0 Å². The van der Waals surface area contributed by atoms with Crippen molar-refractivity contribution in [1.29, 1.82) is 0 Å². The molecule has 8 heteroatoms. The first-order valence-corrected chi connectivity index (χ1v) is 8.76. The molecule has 1 aliphatic rings. The zero-order valence-electron chi connectivity index (χ0n) is 16.1. The van der Waals surface area contributed by atoms with Crippen LogP contribution in [0.2, 0.25) is 0 Å². The molecule has 2 rings (SSSR count). The van der Waals surface area contributed by atoms with E-state index in [1.54, 1.807) is 20.8 Å². The van der Waals surface area contributed by atoms with E-state index in [0.29, 0.717) is 6.42 Å². The fraction of sp³-hybridized carbons (Fsp3) is 0.526. The molecule has 1 heterocycles. The first-order chi connectivity index (χ1) is 12.7. The third kappa shape index (κ3) is 5.87. The molecule has 27 heavy (non-hydrogen) atoms. The van der Waals surface area contributed by atoms with Gasteiger partial charge in [0.15, 0.2) is 6.04 Å². The van der Waals surface area contributed by atoms with Gasteiger partial charge in [0, 0.05) is 6.54 Å². The summed E-state index contributed by atoms with van der Waals surface area (Å²) in [4.78, 5) is 38.0. The molecular formula is C19H26N2O6. The Morgan fingerprint density at radius 3 is 2.44 bits per heavy atom. The van der Waals surface area contributed by atoms with E-state index >= 15 is 0 Å². The number of ether oxygens (including phenoxy) is 3. The molecular weight excluding hydrogens is 352 g/mol. The largest absolute Gasteiger partial charge is 0.467 e. The average molecular weight is 378 g/mol. The molecule has 8 nitrogen and oxygen atoms in total. The molecule has 0 aliphatic carbocycles. The van der Waals surface area contributed by atoms with Crippen molar-refractivity contribution < 1.29 is 28.6 Å². The fourth-order valence-corrected chi connectivity index (χ4v) is 2.80. The van der Waals surface area contributed by atoms with Crippen LogP contribution in [0, 0.1) is 0 Å². The van der Waals surface area contributed by atoms with Gasteiger partial charge in [0.2, 0.25) is 0 Å². The minimum Gasteiger partial charge on any atom is -0.467 e. The molecule has 1 saturated heterocycles. The number of likely N-dealkylation sites (tertiary alicyclic amines) is 1. The van der Waals surface area contributed by atoms with E-state index in [2.05, 4.69) is 5.32 Å². The highest BCUT2D eigenvalue weighted by molar-refractivity contribution is 5.84. The Labute approximate surface area is 158 Å². The van der Waals surface area contributed by atoms with E-state index in [9.17, 15) is 14.4 Å². The molecule has 1 aromatic rings. The van der Waals surface area contributed by atoms with E-state index in [-0.39, 0.29) is 13.2 Å². The first-order valence-electron chi connectivity index (χ1n) is 8.76. The zero-order valence-corrected chi connectivity index (χ0v) is 16.1. The summed E-state index contributed by atoms with van der Waals surface area (Å²) in [6, 6.07) is 7.66. The molecule has 0 unspecified atom stereocenters. The van der Waals surface area contributed by atoms with E-state index in [1.807, 2.05) is 30.3 Å². The summed E-state index contributed by atoms with van der Waals surface area (Å²) in [5, 5.41) is 2.65. The van der Waals surface area contributed by atoms with Gasteiger partial charge in [-0.3, -0.25) is 4.90 Å². The highest BCUT2D eigenvalue weighted by Crippen LogP contribution is 2.22. The maximum atomic E-state index is 12.4.